The predicted molar refractivity (Wildman–Crippen MR) is 151 cm³/mol. The first-order valence-corrected chi connectivity index (χ1v) is 13.4. The van der Waals surface area contributed by atoms with Crippen LogP contribution in [0.25, 0.3) is 16.6 Å². The van der Waals surface area contributed by atoms with E-state index in [2.05, 4.69) is 15.2 Å². The van der Waals surface area contributed by atoms with E-state index in [4.69, 9.17) is 4.74 Å². The van der Waals surface area contributed by atoms with Gasteiger partial charge in [-0.25, -0.2) is 4.98 Å². The summed E-state index contributed by atoms with van der Waals surface area (Å²) in [4.78, 5) is 33.0. The van der Waals surface area contributed by atoms with E-state index in [0.29, 0.717) is 29.0 Å². The van der Waals surface area contributed by atoms with Gasteiger partial charge in [-0.05, 0) is 87.3 Å². The first-order chi connectivity index (χ1) is 18.6. The number of aryl methyl sites for hydroxylation is 1. The number of aromatic nitrogens is 2. The number of ether oxygens (including phenoxy) is 1. The number of nitrogens with zero attached hydrogens (tertiary/aromatic N) is 3. The summed E-state index contributed by atoms with van der Waals surface area (Å²) in [6.45, 7) is 5.97. The van der Waals surface area contributed by atoms with Gasteiger partial charge in [0.15, 0.2) is 0 Å². The molecule has 38 heavy (non-hydrogen) atoms. The molecule has 0 atom stereocenters. The smallest absolute Gasteiger partial charge is 0.265 e. The number of nitrogens with one attached hydrogen (secondary N) is 1. The number of carbonyl (C=O) groups excluding carboxylic acids is 1. The Morgan fingerprint density at radius 2 is 1.74 bits per heavy atom. The number of anilines is 1. The monoisotopic (exact) mass is 510 g/mol. The van der Waals surface area contributed by atoms with E-state index in [1.54, 1.807) is 22.8 Å². The molecule has 0 saturated carbocycles. The Morgan fingerprint density at radius 1 is 0.974 bits per heavy atom. The number of carbonyl (C=O) groups is 1. The molecule has 4 aromatic rings. The van der Waals surface area contributed by atoms with Gasteiger partial charge in [-0.15, -0.1) is 0 Å². The lowest BCUT2D eigenvalue weighted by molar-refractivity contribution is -0.115. The van der Waals surface area contributed by atoms with Crippen LogP contribution in [0.3, 0.4) is 0 Å². The molecular formula is C31H34N4O3. The van der Waals surface area contributed by atoms with Crippen LogP contribution in [-0.4, -0.2) is 46.6 Å². The van der Waals surface area contributed by atoms with E-state index in [0.717, 1.165) is 30.0 Å². The molecule has 0 aliphatic carbocycles. The molecule has 3 aromatic carbocycles. The van der Waals surface area contributed by atoms with Gasteiger partial charge in [0.25, 0.3) is 5.56 Å². The average molecular weight is 511 g/mol. The molecule has 1 aliphatic heterocycles. The highest BCUT2D eigenvalue weighted by Gasteiger charge is 2.13. The van der Waals surface area contributed by atoms with Crippen molar-refractivity contribution >= 4 is 22.5 Å². The highest BCUT2D eigenvalue weighted by atomic mass is 16.5. The van der Waals surface area contributed by atoms with E-state index in [9.17, 15) is 9.59 Å². The molecule has 0 spiro atoms. The summed E-state index contributed by atoms with van der Waals surface area (Å²) < 4.78 is 7.54. The fraction of sp³-hybridized carbons (Fsp3) is 0.323. The van der Waals surface area contributed by atoms with Crippen LogP contribution in [0.4, 0.5) is 5.69 Å². The zero-order valence-electron chi connectivity index (χ0n) is 21.9. The standard InChI is InChI=1S/C31H34N4O3/c1-23-32-29-22-25(33-30(36)21-24-9-4-2-5-10-24)11-16-28(29)31(37)35(23)26-12-14-27(15-13-26)38-20-8-19-34-17-6-3-7-18-34/h2,4-5,9-16,22H,3,6-8,17-21H2,1H3,(H,33,36). The van der Waals surface area contributed by atoms with Crippen LogP contribution in [0.5, 0.6) is 5.75 Å². The molecule has 1 fully saturated rings. The summed E-state index contributed by atoms with van der Waals surface area (Å²) in [7, 11) is 0. The van der Waals surface area contributed by atoms with Crippen LogP contribution < -0.4 is 15.6 Å². The zero-order chi connectivity index (χ0) is 26.3. The Balaban J connectivity index is 1.24. The van der Waals surface area contributed by atoms with E-state index in [-0.39, 0.29) is 17.9 Å². The molecule has 2 heterocycles. The van der Waals surface area contributed by atoms with Crippen molar-refractivity contribution in [2.45, 2.75) is 39.0 Å². The fourth-order valence-electron chi connectivity index (χ4n) is 5.02. The van der Waals surface area contributed by atoms with Gasteiger partial charge in [-0.2, -0.15) is 0 Å². The highest BCUT2D eigenvalue weighted by Crippen LogP contribution is 2.20. The molecular weight excluding hydrogens is 476 g/mol. The number of benzene rings is 3. The van der Waals surface area contributed by atoms with Gasteiger partial charge in [0.2, 0.25) is 5.91 Å². The summed E-state index contributed by atoms with van der Waals surface area (Å²) in [5.74, 6) is 1.25. The number of amides is 1. The van der Waals surface area contributed by atoms with E-state index in [1.807, 2.05) is 61.5 Å². The minimum atomic E-state index is -0.148. The number of rotatable bonds is 9. The van der Waals surface area contributed by atoms with Crippen molar-refractivity contribution in [3.63, 3.8) is 0 Å². The summed E-state index contributed by atoms with van der Waals surface area (Å²) >= 11 is 0. The molecule has 5 rings (SSSR count). The largest absolute Gasteiger partial charge is 0.494 e. The van der Waals surface area contributed by atoms with E-state index < -0.39 is 0 Å². The van der Waals surface area contributed by atoms with E-state index >= 15 is 0 Å². The Labute approximate surface area is 223 Å². The van der Waals surface area contributed by atoms with Crippen LogP contribution in [0.15, 0.2) is 77.6 Å². The first kappa shape index (κ1) is 25.7. The number of fused-ring (bicyclic) bond motifs is 1. The minimum Gasteiger partial charge on any atom is -0.494 e. The summed E-state index contributed by atoms with van der Waals surface area (Å²) in [5, 5.41) is 3.40. The number of hydrogen-bond acceptors (Lipinski definition) is 5. The minimum absolute atomic E-state index is 0.116. The number of likely N-dealkylation sites (tertiary alicyclic amines) is 1. The maximum Gasteiger partial charge on any atom is 0.265 e. The highest BCUT2D eigenvalue weighted by molar-refractivity contribution is 5.94. The summed E-state index contributed by atoms with van der Waals surface area (Å²) in [6.07, 6.45) is 5.24. The molecule has 1 aliphatic rings. The Bertz CT molecular complexity index is 1440. The SMILES string of the molecule is Cc1nc2cc(NC(=O)Cc3ccccc3)ccc2c(=O)n1-c1ccc(OCCCN2CCCCC2)cc1. The van der Waals surface area contributed by atoms with Gasteiger partial charge >= 0.3 is 0 Å². The van der Waals surface area contributed by atoms with Crippen molar-refractivity contribution in [2.24, 2.45) is 0 Å². The Morgan fingerprint density at radius 3 is 2.50 bits per heavy atom. The normalized spacial score (nSPS) is 13.9. The molecule has 7 nitrogen and oxygen atoms in total. The van der Waals surface area contributed by atoms with Crippen molar-refractivity contribution in [1.82, 2.24) is 14.5 Å². The van der Waals surface area contributed by atoms with Gasteiger partial charge in [-0.1, -0.05) is 36.8 Å². The van der Waals surface area contributed by atoms with Crippen molar-refractivity contribution in [2.75, 3.05) is 31.6 Å². The lowest BCUT2D eigenvalue weighted by atomic mass is 10.1. The van der Waals surface area contributed by atoms with Crippen molar-refractivity contribution in [1.29, 1.82) is 0 Å². The average Bonchev–Trinajstić information content (AvgIpc) is 2.93. The Hall–Kier alpha value is -3.97. The van der Waals surface area contributed by atoms with Crippen molar-refractivity contribution in [3.05, 3.63) is 94.5 Å². The molecule has 1 amide bonds. The van der Waals surface area contributed by atoms with Crippen LogP contribution in [0.2, 0.25) is 0 Å². The van der Waals surface area contributed by atoms with Gasteiger partial charge in [0, 0.05) is 12.2 Å². The summed E-state index contributed by atoms with van der Waals surface area (Å²) in [6, 6.07) is 22.4. The topological polar surface area (TPSA) is 76.5 Å². The molecule has 1 saturated heterocycles. The second-order valence-electron chi connectivity index (χ2n) is 9.84. The van der Waals surface area contributed by atoms with Gasteiger partial charge in [-0.3, -0.25) is 14.2 Å². The zero-order valence-corrected chi connectivity index (χ0v) is 21.9. The van der Waals surface area contributed by atoms with Gasteiger partial charge in [0.1, 0.15) is 11.6 Å². The third kappa shape index (κ3) is 6.29. The van der Waals surface area contributed by atoms with Crippen LogP contribution in [0, 0.1) is 6.92 Å². The van der Waals surface area contributed by atoms with Crippen LogP contribution in [0.1, 0.15) is 37.1 Å². The Kier molecular flexibility index (Phi) is 8.14. The van der Waals surface area contributed by atoms with Crippen molar-refractivity contribution in [3.8, 4) is 11.4 Å². The third-order valence-electron chi connectivity index (χ3n) is 6.96. The predicted octanol–water partition coefficient (Wildman–Crippen LogP) is 5.13. The number of hydrogen-bond donors (Lipinski definition) is 1. The van der Waals surface area contributed by atoms with Gasteiger partial charge < -0.3 is 15.0 Å². The fourth-order valence-corrected chi connectivity index (χ4v) is 5.02. The molecule has 1 aromatic heterocycles. The second kappa shape index (κ2) is 12.0. The lowest BCUT2D eigenvalue weighted by Gasteiger charge is -2.26. The first-order valence-electron chi connectivity index (χ1n) is 13.4. The van der Waals surface area contributed by atoms with Crippen molar-refractivity contribution < 1.29 is 9.53 Å². The lowest BCUT2D eigenvalue weighted by Crippen LogP contribution is -2.31. The van der Waals surface area contributed by atoms with Crippen LogP contribution in [-0.2, 0) is 11.2 Å². The molecule has 1 N–H and O–H groups in total. The molecule has 0 unspecified atom stereocenters. The molecule has 0 radical (unpaired) electrons. The molecule has 196 valence electrons. The maximum atomic E-state index is 13.4. The molecule has 7 heteroatoms. The molecule has 0 bridgehead atoms. The third-order valence-corrected chi connectivity index (χ3v) is 6.96. The quantitative estimate of drug-likeness (QED) is 0.316. The van der Waals surface area contributed by atoms with Gasteiger partial charge in [0.05, 0.1) is 29.6 Å². The van der Waals surface area contributed by atoms with E-state index in [1.165, 1.54) is 32.4 Å². The summed E-state index contributed by atoms with van der Waals surface area (Å²) in [5.41, 5.74) is 2.70. The maximum absolute atomic E-state index is 13.4. The van der Waals surface area contributed by atoms with Crippen LogP contribution >= 0.6 is 0 Å². The number of piperidine rings is 1. The second-order valence-corrected chi connectivity index (χ2v) is 9.84.